The number of furan rings is 1. The minimum atomic E-state index is -0.333. The van der Waals surface area contributed by atoms with Crippen LogP contribution in [0.15, 0.2) is 34.7 Å². The minimum absolute atomic E-state index is 0.333. The summed E-state index contributed by atoms with van der Waals surface area (Å²) >= 11 is 8.28. The average molecular weight is 401 g/mol. The zero-order chi connectivity index (χ0) is 14.3. The Hall–Kier alpha value is -1.27. The lowest BCUT2D eigenvalue weighted by atomic mass is 10.1. The van der Waals surface area contributed by atoms with E-state index in [1.807, 2.05) is 12.1 Å². The molecule has 0 unspecified atom stereocenters. The maximum absolute atomic E-state index is 11.8. The molecule has 0 aliphatic carbocycles. The van der Waals surface area contributed by atoms with Gasteiger partial charge in [0.05, 0.1) is 15.7 Å². The summed E-state index contributed by atoms with van der Waals surface area (Å²) in [7, 11) is 0. The van der Waals surface area contributed by atoms with E-state index in [4.69, 9.17) is 20.8 Å². The van der Waals surface area contributed by atoms with Crippen molar-refractivity contribution < 1.29 is 13.9 Å². The van der Waals surface area contributed by atoms with Crippen molar-refractivity contribution in [1.29, 1.82) is 0 Å². The summed E-state index contributed by atoms with van der Waals surface area (Å²) in [5, 5.41) is 2.42. The molecule has 2 aromatic carbocycles. The van der Waals surface area contributed by atoms with Crippen molar-refractivity contribution >= 4 is 62.1 Å². The summed E-state index contributed by atoms with van der Waals surface area (Å²) < 4.78 is 11.8. The molecular weight excluding hydrogens is 391 g/mol. The quantitative estimate of drug-likeness (QED) is 0.448. The molecule has 3 aromatic rings. The molecule has 5 heteroatoms. The van der Waals surface area contributed by atoms with Crippen LogP contribution in [0, 0.1) is 3.57 Å². The van der Waals surface area contributed by atoms with Gasteiger partial charge >= 0.3 is 5.97 Å². The molecule has 0 spiro atoms. The largest absolute Gasteiger partial charge is 0.462 e. The first-order chi connectivity index (χ1) is 9.60. The summed E-state index contributed by atoms with van der Waals surface area (Å²) in [5.41, 5.74) is 2.02. The second kappa shape index (κ2) is 5.26. The Morgan fingerprint density at radius 1 is 1.30 bits per heavy atom. The Kier molecular flexibility index (Phi) is 3.60. The Morgan fingerprint density at radius 2 is 2.10 bits per heavy atom. The molecule has 0 fully saturated rings. The van der Waals surface area contributed by atoms with E-state index < -0.39 is 0 Å². The maximum Gasteiger partial charge on any atom is 0.338 e. The number of rotatable bonds is 2. The zero-order valence-corrected chi connectivity index (χ0v) is 13.5. The normalized spacial score (nSPS) is 11.2. The number of hydrogen-bond donors (Lipinski definition) is 0. The van der Waals surface area contributed by atoms with Crippen LogP contribution in [0.4, 0.5) is 0 Å². The van der Waals surface area contributed by atoms with Crippen molar-refractivity contribution in [2.45, 2.75) is 6.92 Å². The van der Waals surface area contributed by atoms with Crippen LogP contribution in [0.1, 0.15) is 17.3 Å². The summed E-state index contributed by atoms with van der Waals surface area (Å²) in [4.78, 5) is 11.8. The Bertz CT molecular complexity index is 823. The molecule has 0 amide bonds. The fourth-order valence-corrected chi connectivity index (χ4v) is 3.28. The van der Waals surface area contributed by atoms with Crippen LogP contribution in [0.3, 0.4) is 0 Å². The Labute approximate surface area is 134 Å². The van der Waals surface area contributed by atoms with Crippen LogP contribution in [0.25, 0.3) is 21.9 Å². The van der Waals surface area contributed by atoms with Gasteiger partial charge in [0.1, 0.15) is 11.2 Å². The van der Waals surface area contributed by atoms with Crippen molar-refractivity contribution in [2.24, 2.45) is 0 Å². The minimum Gasteiger partial charge on any atom is -0.462 e. The Morgan fingerprint density at radius 3 is 2.85 bits per heavy atom. The summed E-state index contributed by atoms with van der Waals surface area (Å²) in [6, 6.07) is 8.97. The molecule has 0 saturated carbocycles. The van der Waals surface area contributed by atoms with E-state index in [1.165, 1.54) is 0 Å². The number of carbonyl (C=O) groups excluding carboxylic acids is 1. The molecular formula is C15H10ClIO3. The van der Waals surface area contributed by atoms with Crippen LogP contribution in [-0.2, 0) is 4.74 Å². The molecule has 3 nitrogen and oxygen atoms in total. The molecule has 0 aliphatic heterocycles. The van der Waals surface area contributed by atoms with Gasteiger partial charge < -0.3 is 9.15 Å². The maximum atomic E-state index is 11.8. The zero-order valence-electron chi connectivity index (χ0n) is 10.6. The van der Waals surface area contributed by atoms with Crippen LogP contribution in [0.2, 0.25) is 5.02 Å². The fraction of sp³-hybridized carbons (Fsp3) is 0.133. The first-order valence-electron chi connectivity index (χ1n) is 6.08. The van der Waals surface area contributed by atoms with Crippen LogP contribution >= 0.6 is 34.2 Å². The lowest BCUT2D eigenvalue weighted by Crippen LogP contribution is -2.03. The fourth-order valence-electron chi connectivity index (χ4n) is 2.14. The van der Waals surface area contributed by atoms with E-state index in [2.05, 4.69) is 22.6 Å². The molecule has 0 atom stereocenters. The number of esters is 1. The molecule has 1 heterocycles. The molecule has 0 saturated heterocycles. The third kappa shape index (κ3) is 2.27. The predicted molar refractivity (Wildman–Crippen MR) is 87.4 cm³/mol. The third-order valence-electron chi connectivity index (χ3n) is 3.00. The van der Waals surface area contributed by atoms with Crippen molar-refractivity contribution in [3.05, 3.63) is 44.5 Å². The number of carbonyl (C=O) groups is 1. The molecule has 1 aromatic heterocycles. The number of halogens is 2. The number of benzene rings is 2. The highest BCUT2D eigenvalue weighted by Gasteiger charge is 2.14. The van der Waals surface area contributed by atoms with Crippen LogP contribution in [-0.4, -0.2) is 12.6 Å². The van der Waals surface area contributed by atoms with Crippen LogP contribution < -0.4 is 0 Å². The molecule has 3 rings (SSSR count). The SMILES string of the molecule is CCOC(=O)c1ccc2oc3c(I)cc(Cl)cc3c2c1. The second-order valence-corrected chi connectivity index (χ2v) is 5.90. The highest BCUT2D eigenvalue weighted by molar-refractivity contribution is 14.1. The molecule has 0 N–H and O–H groups in total. The lowest BCUT2D eigenvalue weighted by Gasteiger charge is -2.01. The van der Waals surface area contributed by atoms with E-state index in [1.54, 1.807) is 25.1 Å². The van der Waals surface area contributed by atoms with E-state index >= 15 is 0 Å². The Balaban J connectivity index is 2.27. The van der Waals surface area contributed by atoms with Crippen molar-refractivity contribution in [3.8, 4) is 0 Å². The highest BCUT2D eigenvalue weighted by Crippen LogP contribution is 2.34. The van der Waals surface area contributed by atoms with E-state index in [9.17, 15) is 4.79 Å². The second-order valence-electron chi connectivity index (χ2n) is 4.30. The molecule has 0 aliphatic rings. The van der Waals surface area contributed by atoms with Gasteiger partial charge in [-0.3, -0.25) is 0 Å². The van der Waals surface area contributed by atoms with Crippen LogP contribution in [0.5, 0.6) is 0 Å². The molecule has 0 radical (unpaired) electrons. The van der Waals surface area contributed by atoms with E-state index in [0.717, 1.165) is 25.5 Å². The van der Waals surface area contributed by atoms with Gasteiger partial charge in [-0.05, 0) is 59.8 Å². The van der Waals surface area contributed by atoms with Gasteiger partial charge in [-0.15, -0.1) is 0 Å². The van der Waals surface area contributed by atoms with E-state index in [-0.39, 0.29) is 5.97 Å². The molecule has 102 valence electrons. The number of ether oxygens (including phenoxy) is 1. The average Bonchev–Trinajstić information content (AvgIpc) is 2.77. The summed E-state index contributed by atoms with van der Waals surface area (Å²) in [6.45, 7) is 2.14. The summed E-state index contributed by atoms with van der Waals surface area (Å²) in [6.07, 6.45) is 0. The van der Waals surface area contributed by atoms with Gasteiger partial charge in [-0.1, -0.05) is 11.6 Å². The van der Waals surface area contributed by atoms with Crippen molar-refractivity contribution in [2.75, 3.05) is 6.61 Å². The van der Waals surface area contributed by atoms with Gasteiger partial charge in [0.2, 0.25) is 0 Å². The van der Waals surface area contributed by atoms with Gasteiger partial charge in [-0.25, -0.2) is 4.79 Å². The smallest absolute Gasteiger partial charge is 0.338 e. The van der Waals surface area contributed by atoms with Gasteiger partial charge in [0.25, 0.3) is 0 Å². The predicted octanol–water partition coefficient (Wildman–Crippen LogP) is 5.02. The van der Waals surface area contributed by atoms with Gasteiger partial charge in [0.15, 0.2) is 0 Å². The van der Waals surface area contributed by atoms with Gasteiger partial charge in [-0.2, -0.15) is 0 Å². The molecule has 0 bridgehead atoms. The third-order valence-corrected chi connectivity index (χ3v) is 4.02. The topological polar surface area (TPSA) is 39.4 Å². The van der Waals surface area contributed by atoms with Gasteiger partial charge in [0, 0.05) is 15.8 Å². The molecule has 20 heavy (non-hydrogen) atoms. The first-order valence-corrected chi connectivity index (χ1v) is 7.54. The van der Waals surface area contributed by atoms with Crippen molar-refractivity contribution in [1.82, 2.24) is 0 Å². The standard InChI is InChI=1S/C15H10ClIO3/c1-2-19-15(18)8-3-4-13-10(5-8)11-6-9(16)7-12(17)14(11)20-13/h3-7H,2H2,1H3. The van der Waals surface area contributed by atoms with Crippen molar-refractivity contribution in [3.63, 3.8) is 0 Å². The lowest BCUT2D eigenvalue weighted by molar-refractivity contribution is 0.0526. The monoisotopic (exact) mass is 400 g/mol. The summed E-state index contributed by atoms with van der Waals surface area (Å²) in [5.74, 6) is -0.333. The number of fused-ring (bicyclic) bond motifs is 3. The number of hydrogen-bond acceptors (Lipinski definition) is 3. The van der Waals surface area contributed by atoms with E-state index in [0.29, 0.717) is 17.2 Å². The first kappa shape index (κ1) is 13.7. The highest BCUT2D eigenvalue weighted by atomic mass is 127.